The molecule has 0 spiro atoms. The Hall–Kier alpha value is -0.0531. The first-order valence-electron chi connectivity index (χ1n) is 7.50. The summed E-state index contributed by atoms with van der Waals surface area (Å²) < 4.78 is 24.4. The Labute approximate surface area is 125 Å². The molecule has 0 saturated carbocycles. The fourth-order valence-corrected chi connectivity index (χ4v) is 3.85. The molecule has 0 saturated heterocycles. The van der Waals surface area contributed by atoms with Crippen LogP contribution in [0.25, 0.3) is 0 Å². The second-order valence-electron chi connectivity index (χ2n) is 7.68. The third-order valence-corrected chi connectivity index (χ3v) is 11.5. The molecule has 0 heterocycles. The molecule has 5 heteroatoms. The van der Waals surface area contributed by atoms with Gasteiger partial charge in [0.1, 0.15) is 5.76 Å². The van der Waals surface area contributed by atoms with Gasteiger partial charge in [0, 0.05) is 18.7 Å². The first kappa shape index (κ1) is 18.0. The van der Waals surface area contributed by atoms with Gasteiger partial charge in [0.25, 0.3) is 0 Å². The Morgan fingerprint density at radius 2 is 1.90 bits per heavy atom. The molecule has 118 valence electrons. The van der Waals surface area contributed by atoms with E-state index >= 15 is 0 Å². The minimum atomic E-state index is -2.54. The van der Waals surface area contributed by atoms with Crippen molar-refractivity contribution in [3.63, 3.8) is 0 Å². The third kappa shape index (κ3) is 4.47. The van der Waals surface area contributed by atoms with Gasteiger partial charge in [-0.3, -0.25) is 4.57 Å². The van der Waals surface area contributed by atoms with Crippen LogP contribution in [0.5, 0.6) is 0 Å². The summed E-state index contributed by atoms with van der Waals surface area (Å²) in [5.41, 5.74) is 0.0590. The molecule has 1 rings (SSSR count). The van der Waals surface area contributed by atoms with Gasteiger partial charge >= 0.3 is 0 Å². The van der Waals surface area contributed by atoms with Crippen molar-refractivity contribution < 1.29 is 13.5 Å². The van der Waals surface area contributed by atoms with E-state index in [2.05, 4.69) is 33.9 Å². The lowest BCUT2D eigenvalue weighted by Crippen LogP contribution is -2.43. The fraction of sp³-hybridized carbons (Fsp3) is 0.867. The van der Waals surface area contributed by atoms with E-state index in [9.17, 15) is 4.57 Å². The Balaban J connectivity index is 2.69. The summed E-state index contributed by atoms with van der Waals surface area (Å²) in [5.74, 6) is 0.855. The van der Waals surface area contributed by atoms with E-state index in [1.165, 1.54) is 0 Å². The van der Waals surface area contributed by atoms with Crippen LogP contribution in [0.4, 0.5) is 0 Å². The Kier molecular flexibility index (Phi) is 5.38. The lowest BCUT2D eigenvalue weighted by molar-refractivity contribution is 0.224. The van der Waals surface area contributed by atoms with Crippen LogP contribution in [0.2, 0.25) is 18.1 Å². The second kappa shape index (κ2) is 5.98. The monoisotopic (exact) mass is 318 g/mol. The lowest BCUT2D eigenvalue weighted by Gasteiger charge is -2.38. The molecule has 0 aromatic heterocycles. The van der Waals surface area contributed by atoms with Crippen molar-refractivity contribution in [2.75, 3.05) is 6.66 Å². The average Bonchev–Trinajstić information content (AvgIpc) is 2.61. The first-order valence-corrected chi connectivity index (χ1v) is 12.6. The molecule has 0 N–H and O–H groups in total. The fourth-order valence-electron chi connectivity index (χ4n) is 1.72. The maximum atomic E-state index is 12.3. The molecule has 0 bridgehead atoms. The van der Waals surface area contributed by atoms with Gasteiger partial charge in [0.15, 0.2) is 8.32 Å². The van der Waals surface area contributed by atoms with Gasteiger partial charge in [-0.1, -0.05) is 34.6 Å². The average molecular weight is 318 g/mol. The Bertz CT molecular complexity index is 421. The topological polar surface area (TPSA) is 35.5 Å². The van der Waals surface area contributed by atoms with Gasteiger partial charge in [-0.15, -0.1) is 0 Å². The van der Waals surface area contributed by atoms with Crippen LogP contribution in [-0.4, -0.2) is 26.7 Å². The van der Waals surface area contributed by atoms with Gasteiger partial charge in [-0.2, -0.15) is 0 Å². The summed E-state index contributed by atoms with van der Waals surface area (Å²) in [7, 11) is -4.29. The molecular weight excluding hydrogens is 287 g/mol. The standard InChI is InChI=1S/C15H31O3PSi/c1-12(2)19(6,16)17-13-9-10-14(11-13)18-20(7,8)15(3,4)5/h11-12,14H,9-10H2,1-8H3. The van der Waals surface area contributed by atoms with E-state index in [1.807, 2.05) is 19.9 Å². The zero-order chi connectivity index (χ0) is 15.8. The molecule has 2 unspecified atom stereocenters. The highest BCUT2D eigenvalue weighted by atomic mass is 31.2. The summed E-state index contributed by atoms with van der Waals surface area (Å²) in [6, 6.07) is 0. The van der Waals surface area contributed by atoms with Gasteiger partial charge in [-0.05, 0) is 30.6 Å². The highest BCUT2D eigenvalue weighted by Crippen LogP contribution is 2.51. The normalized spacial score (nSPS) is 23.6. The SMILES string of the molecule is CC(C)P(C)(=O)OC1=CC(O[Si](C)(C)C(C)(C)C)CC1. The molecule has 3 nitrogen and oxygen atoms in total. The molecule has 0 aromatic rings. The zero-order valence-corrected chi connectivity index (χ0v) is 16.2. The Morgan fingerprint density at radius 3 is 2.35 bits per heavy atom. The van der Waals surface area contributed by atoms with E-state index in [0.29, 0.717) is 0 Å². The van der Waals surface area contributed by atoms with Crippen LogP contribution in [-0.2, 0) is 13.5 Å². The molecule has 2 atom stereocenters. The second-order valence-corrected chi connectivity index (χ2v) is 15.5. The number of rotatable bonds is 5. The van der Waals surface area contributed by atoms with Gasteiger partial charge in [-0.25, -0.2) is 0 Å². The summed E-state index contributed by atoms with van der Waals surface area (Å²) in [5, 5.41) is 0.211. The highest BCUT2D eigenvalue weighted by molar-refractivity contribution is 7.58. The van der Waals surface area contributed by atoms with Crippen LogP contribution in [0.3, 0.4) is 0 Å². The van der Waals surface area contributed by atoms with Crippen molar-refractivity contribution in [1.29, 1.82) is 0 Å². The van der Waals surface area contributed by atoms with Crippen LogP contribution in [0.15, 0.2) is 11.8 Å². The van der Waals surface area contributed by atoms with Crippen molar-refractivity contribution in [3.8, 4) is 0 Å². The smallest absolute Gasteiger partial charge is 0.247 e. The molecule has 0 aromatic carbocycles. The van der Waals surface area contributed by atoms with Crippen LogP contribution in [0.1, 0.15) is 47.5 Å². The van der Waals surface area contributed by atoms with Gasteiger partial charge in [0.2, 0.25) is 7.37 Å². The first-order chi connectivity index (χ1) is 8.85. The van der Waals surface area contributed by atoms with Crippen molar-refractivity contribution in [2.24, 2.45) is 0 Å². The van der Waals surface area contributed by atoms with E-state index in [0.717, 1.165) is 18.6 Å². The number of hydrogen-bond donors (Lipinski definition) is 0. The molecule has 0 aliphatic heterocycles. The molecule has 0 fully saturated rings. The maximum absolute atomic E-state index is 12.3. The summed E-state index contributed by atoms with van der Waals surface area (Å²) in [4.78, 5) is 0. The molecule has 0 amide bonds. The minimum absolute atomic E-state index is 0.0590. The van der Waals surface area contributed by atoms with E-state index in [-0.39, 0.29) is 16.8 Å². The third-order valence-electron chi connectivity index (χ3n) is 4.54. The molecule has 1 aliphatic rings. The Morgan fingerprint density at radius 1 is 1.35 bits per heavy atom. The van der Waals surface area contributed by atoms with Crippen LogP contribution in [0, 0.1) is 0 Å². The highest BCUT2D eigenvalue weighted by Gasteiger charge is 2.40. The minimum Gasteiger partial charge on any atom is -0.448 e. The zero-order valence-electron chi connectivity index (χ0n) is 14.3. The van der Waals surface area contributed by atoms with Crippen molar-refractivity contribution in [1.82, 2.24) is 0 Å². The number of hydrogen-bond acceptors (Lipinski definition) is 3. The summed E-state index contributed by atoms with van der Waals surface area (Å²) >= 11 is 0. The molecule has 20 heavy (non-hydrogen) atoms. The van der Waals surface area contributed by atoms with Crippen LogP contribution >= 0.6 is 7.37 Å². The van der Waals surface area contributed by atoms with Gasteiger partial charge in [0.05, 0.1) is 6.10 Å². The van der Waals surface area contributed by atoms with E-state index in [1.54, 1.807) is 6.66 Å². The maximum Gasteiger partial charge on any atom is 0.247 e. The van der Waals surface area contributed by atoms with Crippen molar-refractivity contribution in [3.05, 3.63) is 11.8 Å². The largest absolute Gasteiger partial charge is 0.448 e. The van der Waals surface area contributed by atoms with E-state index in [4.69, 9.17) is 8.95 Å². The van der Waals surface area contributed by atoms with Gasteiger partial charge < -0.3 is 8.95 Å². The summed E-state index contributed by atoms with van der Waals surface area (Å²) in [6.45, 7) is 16.9. The van der Waals surface area contributed by atoms with Crippen molar-refractivity contribution >= 4 is 15.7 Å². The molecular formula is C15H31O3PSi. The predicted molar refractivity (Wildman–Crippen MR) is 89.1 cm³/mol. The quantitative estimate of drug-likeness (QED) is 0.504. The van der Waals surface area contributed by atoms with Crippen LogP contribution < -0.4 is 0 Å². The summed E-state index contributed by atoms with van der Waals surface area (Å²) in [6.07, 6.45) is 3.95. The number of allylic oxidation sites excluding steroid dienone is 1. The lowest BCUT2D eigenvalue weighted by atomic mass is 10.2. The molecule has 0 radical (unpaired) electrons. The predicted octanol–water partition coefficient (Wildman–Crippen LogP) is 5.39. The molecule has 1 aliphatic carbocycles. The van der Waals surface area contributed by atoms with Crippen molar-refractivity contribution in [2.45, 2.75) is 77.4 Å². The van der Waals surface area contributed by atoms with E-state index < -0.39 is 15.7 Å².